The van der Waals surface area contributed by atoms with Crippen LogP contribution in [0.1, 0.15) is 11.4 Å². The first-order valence-corrected chi connectivity index (χ1v) is 6.00. The van der Waals surface area contributed by atoms with E-state index in [0.717, 1.165) is 11.4 Å². The summed E-state index contributed by atoms with van der Waals surface area (Å²) in [6.07, 6.45) is 1.28. The van der Waals surface area contributed by atoms with Crippen LogP contribution in [0.15, 0.2) is 18.2 Å². The summed E-state index contributed by atoms with van der Waals surface area (Å²) in [7, 11) is 1.98. The number of hydrogen-bond donors (Lipinski definition) is 0. The largest absolute Gasteiger partial charge is 1.00 e. The number of pyridine rings is 1. The van der Waals surface area contributed by atoms with Crippen molar-refractivity contribution >= 4 is 58.1 Å². The number of aromatic nitrogens is 1. The van der Waals surface area contributed by atoms with Crippen LogP contribution >= 0.6 is 24.4 Å². The Balaban J connectivity index is 0.00000225. The Hall–Kier alpha value is 0.770. The molecule has 0 unspecified atom stereocenters. The molecule has 0 aliphatic heterocycles. The van der Waals surface area contributed by atoms with Crippen molar-refractivity contribution in [2.24, 2.45) is 7.05 Å². The van der Waals surface area contributed by atoms with Gasteiger partial charge in [0.05, 0.1) is 0 Å². The first-order valence-electron chi connectivity index (χ1n) is 4.37. The van der Waals surface area contributed by atoms with Crippen LogP contribution in [-0.2, 0) is 45.1 Å². The van der Waals surface area contributed by atoms with Crippen LogP contribution in [-0.4, -0.2) is 8.39 Å². The van der Waals surface area contributed by atoms with Crippen molar-refractivity contribution in [2.75, 3.05) is 0 Å². The van der Waals surface area contributed by atoms with Gasteiger partial charge in [-0.15, -0.1) is 8.39 Å². The van der Waals surface area contributed by atoms with E-state index >= 15 is 0 Å². The maximum atomic E-state index is 4.92. The monoisotopic (exact) mass is 295 g/mol. The van der Waals surface area contributed by atoms with Crippen LogP contribution in [0.25, 0.3) is 0 Å². The van der Waals surface area contributed by atoms with E-state index in [2.05, 4.69) is 4.57 Å². The summed E-state index contributed by atoms with van der Waals surface area (Å²) in [5.41, 5.74) is 2.19. The number of thiocarbonyl (C=S) groups is 2. The topological polar surface area (TPSA) is 3.88 Å². The van der Waals surface area contributed by atoms with Crippen LogP contribution < -0.4 is 34.1 Å². The van der Waals surface area contributed by atoms with E-state index in [-0.39, 0.29) is 29.6 Å². The minimum Gasteiger partial charge on any atom is -0.432 e. The first-order chi connectivity index (χ1) is 7.00. The van der Waals surface area contributed by atoms with E-state index in [1.165, 1.54) is 0 Å². The maximum absolute atomic E-state index is 4.92. The molecule has 0 aliphatic rings. The molecule has 0 saturated carbocycles. The molecular formula is C10H10NNaS4. The van der Waals surface area contributed by atoms with Gasteiger partial charge in [0.15, 0.2) is 11.4 Å². The summed E-state index contributed by atoms with van der Waals surface area (Å²) in [5, 5.41) is 0. The van der Waals surface area contributed by atoms with Gasteiger partial charge in [0.25, 0.3) is 0 Å². The molecule has 0 N–H and O–H groups in total. The zero-order valence-corrected chi connectivity index (χ0v) is 14.5. The fourth-order valence-electron chi connectivity index (χ4n) is 1.33. The molecule has 0 fully saturated rings. The van der Waals surface area contributed by atoms with E-state index in [9.17, 15) is 0 Å². The zero-order chi connectivity index (χ0) is 11.4. The normalized spacial score (nSPS) is 9.31. The van der Waals surface area contributed by atoms with E-state index < -0.39 is 0 Å². The van der Waals surface area contributed by atoms with Gasteiger partial charge in [-0.1, -0.05) is 0 Å². The predicted octanol–water partition coefficient (Wildman–Crippen LogP) is -1.65. The molecule has 80 valence electrons. The standard InChI is InChI=1S/C10H11NS4.Na/c1-11-7(5-9(12)13)3-2-4-8(11)6-10(14)15;/h2-4H,5-6H2,1H3,(H-,12,13,14,15);/q;+1/p-1. The second kappa shape index (κ2) is 7.97. The average molecular weight is 295 g/mol. The van der Waals surface area contributed by atoms with E-state index in [0.29, 0.717) is 21.2 Å². The SMILES string of the molecule is C[n+]1c(CC(=S)[S-])cccc1CC(=S)[S-].[Na+]. The molecule has 1 aromatic rings. The first kappa shape index (κ1) is 16.8. The van der Waals surface area contributed by atoms with Gasteiger partial charge in [0.2, 0.25) is 0 Å². The van der Waals surface area contributed by atoms with Crippen molar-refractivity contribution < 1.29 is 34.1 Å². The fourth-order valence-corrected chi connectivity index (χ4v) is 1.92. The third kappa shape index (κ3) is 5.40. The molecule has 1 aromatic heterocycles. The molecule has 0 aromatic carbocycles. The van der Waals surface area contributed by atoms with Crippen LogP contribution in [0, 0.1) is 0 Å². The summed E-state index contributed by atoms with van der Waals surface area (Å²) < 4.78 is 3.20. The smallest absolute Gasteiger partial charge is 0.432 e. The fraction of sp³-hybridized carbons (Fsp3) is 0.300. The molecule has 16 heavy (non-hydrogen) atoms. The third-order valence-corrected chi connectivity index (χ3v) is 2.67. The molecule has 0 bridgehead atoms. The maximum Gasteiger partial charge on any atom is 1.00 e. The van der Waals surface area contributed by atoms with Gasteiger partial charge in [0.1, 0.15) is 7.05 Å². The molecule has 0 radical (unpaired) electrons. The molecule has 1 nitrogen and oxygen atoms in total. The molecule has 0 saturated heterocycles. The third-order valence-electron chi connectivity index (χ3n) is 2.09. The van der Waals surface area contributed by atoms with Gasteiger partial charge in [-0.2, -0.15) is 0 Å². The molecule has 1 rings (SSSR count). The Labute approximate surface area is 140 Å². The molecule has 1 heterocycles. The molecule has 0 spiro atoms. The average Bonchev–Trinajstić information content (AvgIpc) is 2.10. The van der Waals surface area contributed by atoms with Crippen LogP contribution in [0.3, 0.4) is 0 Å². The number of hydrogen-bond acceptors (Lipinski definition) is 4. The van der Waals surface area contributed by atoms with E-state index in [1.54, 1.807) is 0 Å². The van der Waals surface area contributed by atoms with Gasteiger partial charge >= 0.3 is 29.6 Å². The second-order valence-corrected chi connectivity index (χ2v) is 5.65. The summed E-state index contributed by atoms with van der Waals surface area (Å²) in [6, 6.07) is 5.99. The quantitative estimate of drug-likeness (QED) is 0.283. The van der Waals surface area contributed by atoms with Crippen LogP contribution in [0.4, 0.5) is 0 Å². The van der Waals surface area contributed by atoms with Crippen molar-refractivity contribution in [3.8, 4) is 0 Å². The van der Waals surface area contributed by atoms with Crippen molar-refractivity contribution in [1.29, 1.82) is 0 Å². The van der Waals surface area contributed by atoms with Gasteiger partial charge in [-0.05, 0) is 6.07 Å². The van der Waals surface area contributed by atoms with Gasteiger partial charge in [-0.25, -0.2) is 4.57 Å². The van der Waals surface area contributed by atoms with Crippen molar-refractivity contribution in [3.63, 3.8) is 0 Å². The minimum atomic E-state index is 0. The molecule has 0 atom stereocenters. The second-order valence-electron chi connectivity index (χ2n) is 3.17. The van der Waals surface area contributed by atoms with Gasteiger partial charge in [-0.3, -0.25) is 0 Å². The molecular weight excluding hydrogens is 285 g/mol. The minimum absolute atomic E-state index is 0. The number of rotatable bonds is 4. The predicted molar refractivity (Wildman–Crippen MR) is 75.0 cm³/mol. The zero-order valence-electron chi connectivity index (χ0n) is 9.23. The number of nitrogens with zero attached hydrogens (tertiary/aromatic N) is 1. The Morgan fingerprint density at radius 2 is 1.50 bits per heavy atom. The Kier molecular flexibility index (Phi) is 8.36. The van der Waals surface area contributed by atoms with Gasteiger partial charge < -0.3 is 49.7 Å². The molecule has 0 aliphatic carbocycles. The van der Waals surface area contributed by atoms with E-state index in [4.69, 9.17) is 49.7 Å². The molecule has 0 amide bonds. The van der Waals surface area contributed by atoms with Crippen molar-refractivity contribution in [2.45, 2.75) is 12.8 Å². The Morgan fingerprint density at radius 1 is 1.12 bits per heavy atom. The summed E-state index contributed by atoms with van der Waals surface area (Å²) in [5.74, 6) is 0. The summed E-state index contributed by atoms with van der Waals surface area (Å²) in [4.78, 5) is 0. The summed E-state index contributed by atoms with van der Waals surface area (Å²) in [6.45, 7) is 0. The van der Waals surface area contributed by atoms with E-state index in [1.807, 2.05) is 25.2 Å². The Morgan fingerprint density at radius 3 is 1.81 bits per heavy atom. The van der Waals surface area contributed by atoms with Crippen LogP contribution in [0.2, 0.25) is 0 Å². The van der Waals surface area contributed by atoms with Crippen LogP contribution in [0.5, 0.6) is 0 Å². The summed E-state index contributed by atoms with van der Waals surface area (Å²) >= 11 is 19.7. The Bertz CT molecular complexity index is 372. The van der Waals surface area contributed by atoms with Crippen molar-refractivity contribution in [1.82, 2.24) is 0 Å². The van der Waals surface area contributed by atoms with Gasteiger partial charge in [0, 0.05) is 25.0 Å². The molecule has 6 heteroatoms. The van der Waals surface area contributed by atoms with Crippen molar-refractivity contribution in [3.05, 3.63) is 29.6 Å².